The zero-order chi connectivity index (χ0) is 13.8. The minimum Gasteiger partial charge on any atom is -0.508 e. The highest BCUT2D eigenvalue weighted by atomic mass is 35.5. The molecule has 21 heavy (non-hydrogen) atoms. The van der Waals surface area contributed by atoms with Crippen molar-refractivity contribution in [3.05, 3.63) is 23.8 Å². The lowest BCUT2D eigenvalue weighted by atomic mass is 9.90. The molecule has 1 heterocycles. The van der Waals surface area contributed by atoms with E-state index in [0.29, 0.717) is 5.92 Å². The number of phenolic OH excluding ortho intramolecular Hbond substituents is 2. The maximum Gasteiger partial charge on any atom is 0.119 e. The van der Waals surface area contributed by atoms with Crippen molar-refractivity contribution in [2.24, 2.45) is 5.92 Å². The Kier molecular flexibility index (Phi) is 9.06. The highest BCUT2D eigenvalue weighted by molar-refractivity contribution is 5.85. The molecule has 0 radical (unpaired) electrons. The van der Waals surface area contributed by atoms with Crippen LogP contribution in [-0.4, -0.2) is 41.3 Å². The predicted molar refractivity (Wildman–Crippen MR) is 90.9 cm³/mol. The number of piperazine rings is 1. The van der Waals surface area contributed by atoms with E-state index in [4.69, 9.17) is 0 Å². The van der Waals surface area contributed by atoms with E-state index < -0.39 is 0 Å². The molecule has 1 aliphatic heterocycles. The van der Waals surface area contributed by atoms with Crippen LogP contribution in [0.4, 0.5) is 0 Å². The minimum atomic E-state index is 0. The maximum atomic E-state index is 9.70. The Morgan fingerprint density at radius 2 is 1.62 bits per heavy atom. The molecule has 1 saturated heterocycles. The second kappa shape index (κ2) is 9.36. The average molecular weight is 337 g/mol. The molecule has 1 fully saturated rings. The molecule has 0 saturated carbocycles. The van der Waals surface area contributed by atoms with Gasteiger partial charge in [-0.1, -0.05) is 20.3 Å². The SMILES string of the molecule is CCC(C)[C@@H](c1cc(O)cc(O)c1)N1CCNCC1.Cl.Cl. The van der Waals surface area contributed by atoms with E-state index >= 15 is 0 Å². The van der Waals surface area contributed by atoms with Crippen LogP contribution in [0, 0.1) is 5.92 Å². The molecular weight excluding hydrogens is 311 g/mol. The molecule has 2 rings (SSSR count). The van der Waals surface area contributed by atoms with Crippen LogP contribution in [-0.2, 0) is 0 Å². The zero-order valence-electron chi connectivity index (χ0n) is 12.6. The molecule has 3 N–H and O–H groups in total. The van der Waals surface area contributed by atoms with Crippen LogP contribution in [0.15, 0.2) is 18.2 Å². The van der Waals surface area contributed by atoms with Gasteiger partial charge in [-0.3, -0.25) is 4.90 Å². The van der Waals surface area contributed by atoms with Crippen molar-refractivity contribution >= 4 is 24.8 Å². The number of rotatable bonds is 4. The Morgan fingerprint density at radius 1 is 1.10 bits per heavy atom. The molecule has 122 valence electrons. The lowest BCUT2D eigenvalue weighted by Crippen LogP contribution is -2.46. The standard InChI is InChI=1S/C15H24N2O2.2ClH/c1-3-11(2)15(17-6-4-16-5-7-17)12-8-13(18)10-14(19)9-12;;/h8-11,15-16,18-19H,3-7H2,1-2H3;2*1H/t11?,15-;;/m0../s1. The predicted octanol–water partition coefficient (Wildman–Crippen LogP) is 2.93. The summed E-state index contributed by atoms with van der Waals surface area (Å²) >= 11 is 0. The fourth-order valence-corrected chi connectivity index (χ4v) is 2.87. The van der Waals surface area contributed by atoms with E-state index in [0.717, 1.165) is 38.2 Å². The molecule has 0 spiro atoms. The Bertz CT molecular complexity index is 406. The van der Waals surface area contributed by atoms with E-state index in [-0.39, 0.29) is 42.4 Å². The summed E-state index contributed by atoms with van der Waals surface area (Å²) in [6.45, 7) is 8.42. The monoisotopic (exact) mass is 336 g/mol. The molecule has 1 aromatic rings. The summed E-state index contributed by atoms with van der Waals surface area (Å²) in [4.78, 5) is 2.44. The summed E-state index contributed by atoms with van der Waals surface area (Å²) in [5.74, 6) is 0.760. The van der Waals surface area contributed by atoms with Gasteiger partial charge in [0.05, 0.1) is 0 Å². The number of aromatic hydroxyl groups is 2. The van der Waals surface area contributed by atoms with Gasteiger partial charge in [-0.25, -0.2) is 0 Å². The molecule has 0 bridgehead atoms. The minimum absolute atomic E-state index is 0. The van der Waals surface area contributed by atoms with Gasteiger partial charge in [0.25, 0.3) is 0 Å². The molecule has 0 aliphatic carbocycles. The van der Waals surface area contributed by atoms with Crippen molar-refractivity contribution in [3.8, 4) is 11.5 Å². The molecule has 0 amide bonds. The summed E-state index contributed by atoms with van der Waals surface area (Å²) in [7, 11) is 0. The van der Waals surface area contributed by atoms with Crippen molar-refractivity contribution < 1.29 is 10.2 Å². The third-order valence-corrected chi connectivity index (χ3v) is 3.99. The van der Waals surface area contributed by atoms with Gasteiger partial charge in [0.1, 0.15) is 11.5 Å². The first-order valence-electron chi connectivity index (χ1n) is 7.09. The number of hydrogen-bond donors (Lipinski definition) is 3. The zero-order valence-corrected chi connectivity index (χ0v) is 14.2. The largest absolute Gasteiger partial charge is 0.508 e. The number of halogens is 2. The molecule has 4 nitrogen and oxygen atoms in total. The highest BCUT2D eigenvalue weighted by Crippen LogP contribution is 2.34. The number of nitrogens with one attached hydrogen (secondary N) is 1. The Hall–Kier alpha value is -0.680. The highest BCUT2D eigenvalue weighted by Gasteiger charge is 2.27. The van der Waals surface area contributed by atoms with Gasteiger partial charge in [0, 0.05) is 38.3 Å². The number of benzene rings is 1. The molecular formula is C15H26Cl2N2O2. The summed E-state index contributed by atoms with van der Waals surface area (Å²) in [5, 5.41) is 22.8. The molecule has 2 atom stereocenters. The lowest BCUT2D eigenvalue weighted by molar-refractivity contribution is 0.128. The lowest BCUT2D eigenvalue weighted by Gasteiger charge is -2.38. The van der Waals surface area contributed by atoms with Crippen molar-refractivity contribution in [3.63, 3.8) is 0 Å². The van der Waals surface area contributed by atoms with Gasteiger partial charge >= 0.3 is 0 Å². The Balaban J connectivity index is 0.00000200. The molecule has 0 aromatic heterocycles. The Morgan fingerprint density at radius 3 is 2.10 bits per heavy atom. The van der Waals surface area contributed by atoms with Gasteiger partial charge in [0.15, 0.2) is 0 Å². The van der Waals surface area contributed by atoms with Crippen LogP contribution in [0.2, 0.25) is 0 Å². The maximum absolute atomic E-state index is 9.70. The fourth-order valence-electron chi connectivity index (χ4n) is 2.87. The summed E-state index contributed by atoms with van der Waals surface area (Å²) in [5.41, 5.74) is 1.01. The van der Waals surface area contributed by atoms with Crippen molar-refractivity contribution in [1.29, 1.82) is 0 Å². The van der Waals surface area contributed by atoms with Gasteiger partial charge in [-0.05, 0) is 23.6 Å². The number of hydrogen-bond acceptors (Lipinski definition) is 4. The van der Waals surface area contributed by atoms with E-state index in [2.05, 4.69) is 24.1 Å². The second-order valence-electron chi connectivity index (χ2n) is 5.40. The van der Waals surface area contributed by atoms with Crippen molar-refractivity contribution in [2.45, 2.75) is 26.3 Å². The van der Waals surface area contributed by atoms with Gasteiger partial charge < -0.3 is 15.5 Å². The van der Waals surface area contributed by atoms with Crippen LogP contribution >= 0.6 is 24.8 Å². The quantitative estimate of drug-likeness (QED) is 0.791. The van der Waals surface area contributed by atoms with Crippen LogP contribution in [0.1, 0.15) is 31.9 Å². The van der Waals surface area contributed by atoms with E-state index in [1.807, 2.05) is 0 Å². The van der Waals surface area contributed by atoms with Crippen molar-refractivity contribution in [2.75, 3.05) is 26.2 Å². The first-order valence-corrected chi connectivity index (χ1v) is 7.09. The van der Waals surface area contributed by atoms with Gasteiger partial charge in [0.2, 0.25) is 0 Å². The van der Waals surface area contributed by atoms with Gasteiger partial charge in [-0.15, -0.1) is 24.8 Å². The second-order valence-corrected chi connectivity index (χ2v) is 5.40. The molecule has 6 heteroatoms. The summed E-state index contributed by atoms with van der Waals surface area (Å²) in [6, 6.07) is 5.19. The first kappa shape index (κ1) is 20.3. The number of nitrogens with zero attached hydrogens (tertiary/aromatic N) is 1. The molecule has 1 aliphatic rings. The molecule has 1 aromatic carbocycles. The Labute approximate surface area is 139 Å². The first-order chi connectivity index (χ1) is 9.11. The average Bonchev–Trinajstić information content (AvgIpc) is 2.39. The van der Waals surface area contributed by atoms with E-state index in [1.165, 1.54) is 6.07 Å². The third kappa shape index (κ3) is 5.22. The van der Waals surface area contributed by atoms with Crippen molar-refractivity contribution in [1.82, 2.24) is 10.2 Å². The summed E-state index contributed by atoms with van der Waals surface area (Å²) < 4.78 is 0. The van der Waals surface area contributed by atoms with E-state index in [9.17, 15) is 10.2 Å². The van der Waals surface area contributed by atoms with Gasteiger partial charge in [-0.2, -0.15) is 0 Å². The van der Waals surface area contributed by atoms with E-state index in [1.54, 1.807) is 12.1 Å². The topological polar surface area (TPSA) is 55.7 Å². The number of phenols is 2. The third-order valence-electron chi connectivity index (χ3n) is 3.99. The van der Waals surface area contributed by atoms with Crippen LogP contribution in [0.5, 0.6) is 11.5 Å². The molecule has 1 unspecified atom stereocenters. The normalized spacial score (nSPS) is 18.2. The van der Waals surface area contributed by atoms with Crippen LogP contribution < -0.4 is 5.32 Å². The van der Waals surface area contributed by atoms with Crippen LogP contribution in [0.25, 0.3) is 0 Å². The smallest absolute Gasteiger partial charge is 0.119 e. The summed E-state index contributed by atoms with van der Waals surface area (Å²) in [6.07, 6.45) is 1.07. The fraction of sp³-hybridized carbons (Fsp3) is 0.600. The van der Waals surface area contributed by atoms with Crippen LogP contribution in [0.3, 0.4) is 0 Å².